The van der Waals surface area contributed by atoms with E-state index in [-0.39, 0.29) is 47.6 Å². The smallest absolute Gasteiger partial charge is 0.225 e. The summed E-state index contributed by atoms with van der Waals surface area (Å²) < 4.78 is 19.7. The predicted molar refractivity (Wildman–Crippen MR) is 141 cm³/mol. The third-order valence-corrected chi connectivity index (χ3v) is 6.24. The summed E-state index contributed by atoms with van der Waals surface area (Å²) in [5, 5.41) is 6.64. The maximum absolute atomic E-state index is 13.9. The van der Waals surface area contributed by atoms with Crippen molar-refractivity contribution in [3.05, 3.63) is 30.1 Å². The maximum atomic E-state index is 13.9. The number of nitrogens with zero attached hydrogens (tertiary/aromatic N) is 3. The van der Waals surface area contributed by atoms with Crippen molar-refractivity contribution in [2.75, 3.05) is 52.4 Å². The molecule has 1 aromatic carbocycles. The highest BCUT2D eigenvalue weighted by molar-refractivity contribution is 14.0. The quantitative estimate of drug-likeness (QED) is 0.255. The van der Waals surface area contributed by atoms with Gasteiger partial charge >= 0.3 is 0 Å². The molecule has 0 bridgehead atoms. The van der Waals surface area contributed by atoms with Gasteiger partial charge in [-0.25, -0.2) is 9.38 Å². The lowest BCUT2D eigenvalue weighted by atomic mass is 9.84. The number of carbonyl (C=O) groups excluding carboxylic acids is 1. The number of halogens is 2. The number of hydrogen-bond acceptors (Lipinski definition) is 4. The topological polar surface area (TPSA) is 69.2 Å². The zero-order chi connectivity index (χ0) is 22.8. The standard InChI is InChI=1S/C24H38FN5O2.HI/c1-3-20(32-22-11-6-5-10-21(22)25)18-28-24(26-4-2)27-12-13-29-14-16-30(17-15-29)23(31)19-8-7-9-19;/h5-6,10-11,19-20H,3-4,7-9,12-18H2,1-2H3,(H2,26,27,28);1H. The van der Waals surface area contributed by atoms with E-state index in [4.69, 9.17) is 4.74 Å². The van der Waals surface area contributed by atoms with E-state index in [0.29, 0.717) is 12.5 Å². The molecular weight excluding hydrogens is 536 g/mol. The van der Waals surface area contributed by atoms with Crippen molar-refractivity contribution < 1.29 is 13.9 Å². The monoisotopic (exact) mass is 575 g/mol. The Morgan fingerprint density at radius 2 is 1.91 bits per heavy atom. The summed E-state index contributed by atoms with van der Waals surface area (Å²) in [5.41, 5.74) is 0. The molecule has 2 fully saturated rings. The Morgan fingerprint density at radius 3 is 2.52 bits per heavy atom. The van der Waals surface area contributed by atoms with Gasteiger partial charge in [0.25, 0.3) is 0 Å². The van der Waals surface area contributed by atoms with Crippen LogP contribution in [-0.4, -0.2) is 80.1 Å². The summed E-state index contributed by atoms with van der Waals surface area (Å²) in [4.78, 5) is 21.5. The average Bonchev–Trinajstić information content (AvgIpc) is 2.77. The molecule has 1 amide bonds. The van der Waals surface area contributed by atoms with Crippen LogP contribution in [0, 0.1) is 11.7 Å². The number of amides is 1. The van der Waals surface area contributed by atoms with Crippen LogP contribution < -0.4 is 15.4 Å². The van der Waals surface area contributed by atoms with Gasteiger partial charge in [-0.2, -0.15) is 0 Å². The molecule has 1 heterocycles. The minimum absolute atomic E-state index is 0. The molecule has 0 aromatic heterocycles. The molecule has 1 aliphatic carbocycles. The van der Waals surface area contributed by atoms with Crippen LogP contribution in [0.25, 0.3) is 0 Å². The van der Waals surface area contributed by atoms with E-state index in [0.717, 1.165) is 71.0 Å². The van der Waals surface area contributed by atoms with Crippen molar-refractivity contribution in [3.63, 3.8) is 0 Å². The van der Waals surface area contributed by atoms with E-state index in [2.05, 4.69) is 20.5 Å². The molecule has 1 atom stereocenters. The van der Waals surface area contributed by atoms with Crippen molar-refractivity contribution in [1.82, 2.24) is 20.4 Å². The summed E-state index contributed by atoms with van der Waals surface area (Å²) >= 11 is 0. The van der Waals surface area contributed by atoms with E-state index < -0.39 is 0 Å². The summed E-state index contributed by atoms with van der Waals surface area (Å²) in [6.45, 7) is 10.4. The molecule has 1 saturated carbocycles. The lowest BCUT2D eigenvalue weighted by molar-refractivity contribution is -0.139. The van der Waals surface area contributed by atoms with Gasteiger partial charge in [-0.3, -0.25) is 9.69 Å². The van der Waals surface area contributed by atoms with E-state index in [9.17, 15) is 9.18 Å². The summed E-state index contributed by atoms with van der Waals surface area (Å²) in [7, 11) is 0. The van der Waals surface area contributed by atoms with Gasteiger partial charge in [0.05, 0.1) is 6.54 Å². The minimum Gasteiger partial charge on any atom is -0.485 e. The summed E-state index contributed by atoms with van der Waals surface area (Å²) in [5.74, 6) is 1.30. The maximum Gasteiger partial charge on any atom is 0.225 e. The van der Waals surface area contributed by atoms with Crippen molar-refractivity contribution in [2.45, 2.75) is 45.6 Å². The minimum atomic E-state index is -0.352. The molecular formula is C24H39FIN5O2. The lowest BCUT2D eigenvalue weighted by Gasteiger charge is -2.38. The Kier molecular flexibility index (Phi) is 12.2. The molecule has 1 unspecified atom stereocenters. The van der Waals surface area contributed by atoms with Crippen molar-refractivity contribution in [2.24, 2.45) is 10.9 Å². The highest BCUT2D eigenvalue weighted by atomic mass is 127. The van der Waals surface area contributed by atoms with Gasteiger partial charge in [-0.15, -0.1) is 24.0 Å². The van der Waals surface area contributed by atoms with E-state index in [1.165, 1.54) is 12.5 Å². The van der Waals surface area contributed by atoms with Crippen LogP contribution in [0.2, 0.25) is 0 Å². The SMILES string of the molecule is CCNC(=NCC(CC)Oc1ccccc1F)NCCN1CCN(C(=O)C2CCC2)CC1.I. The fourth-order valence-corrected chi connectivity index (χ4v) is 3.94. The first-order valence-corrected chi connectivity index (χ1v) is 12.0. The molecule has 2 N–H and O–H groups in total. The van der Waals surface area contributed by atoms with Crippen LogP contribution in [0.1, 0.15) is 39.5 Å². The summed E-state index contributed by atoms with van der Waals surface area (Å²) in [6.07, 6.45) is 3.88. The number of piperazine rings is 1. The molecule has 2 aliphatic rings. The van der Waals surface area contributed by atoms with Gasteiger partial charge in [0.1, 0.15) is 6.10 Å². The van der Waals surface area contributed by atoms with Gasteiger partial charge < -0.3 is 20.3 Å². The van der Waals surface area contributed by atoms with Gasteiger partial charge in [-0.1, -0.05) is 25.5 Å². The van der Waals surface area contributed by atoms with Gasteiger partial charge in [-0.05, 0) is 38.3 Å². The fraction of sp³-hybridized carbons (Fsp3) is 0.667. The average molecular weight is 576 g/mol. The Hall–Kier alpha value is -1.62. The van der Waals surface area contributed by atoms with E-state index in [1.807, 2.05) is 18.7 Å². The molecule has 7 nitrogen and oxygen atoms in total. The highest BCUT2D eigenvalue weighted by Crippen LogP contribution is 2.28. The number of guanidine groups is 1. The second-order valence-electron chi connectivity index (χ2n) is 8.52. The molecule has 1 aromatic rings. The Bertz CT molecular complexity index is 754. The number of nitrogens with one attached hydrogen (secondary N) is 2. The predicted octanol–water partition coefficient (Wildman–Crippen LogP) is 3.10. The number of para-hydroxylation sites is 1. The first-order valence-electron chi connectivity index (χ1n) is 12.0. The number of rotatable bonds is 10. The van der Waals surface area contributed by atoms with Crippen LogP contribution in [0.3, 0.4) is 0 Å². The number of hydrogen-bond donors (Lipinski definition) is 2. The summed E-state index contributed by atoms with van der Waals surface area (Å²) in [6, 6.07) is 6.47. The first-order chi connectivity index (χ1) is 15.6. The molecule has 33 heavy (non-hydrogen) atoms. The molecule has 186 valence electrons. The molecule has 3 rings (SSSR count). The van der Waals surface area contributed by atoms with Gasteiger partial charge in [0.15, 0.2) is 17.5 Å². The van der Waals surface area contributed by atoms with Crippen LogP contribution in [0.5, 0.6) is 5.75 Å². The van der Waals surface area contributed by atoms with Crippen LogP contribution in [-0.2, 0) is 4.79 Å². The number of carbonyl (C=O) groups is 1. The molecule has 9 heteroatoms. The number of ether oxygens (including phenoxy) is 1. The van der Waals surface area contributed by atoms with Gasteiger partial charge in [0, 0.05) is 51.7 Å². The zero-order valence-corrected chi connectivity index (χ0v) is 22.2. The van der Waals surface area contributed by atoms with Crippen LogP contribution >= 0.6 is 24.0 Å². The van der Waals surface area contributed by atoms with Crippen LogP contribution in [0.15, 0.2) is 29.3 Å². The van der Waals surface area contributed by atoms with Crippen molar-refractivity contribution >= 4 is 35.8 Å². The molecule has 0 spiro atoms. The molecule has 1 aliphatic heterocycles. The normalized spacial score (nSPS) is 18.2. The fourth-order valence-electron chi connectivity index (χ4n) is 3.94. The van der Waals surface area contributed by atoms with E-state index >= 15 is 0 Å². The molecule has 0 radical (unpaired) electrons. The number of benzene rings is 1. The number of aliphatic imine (C=N–C) groups is 1. The van der Waals surface area contributed by atoms with Gasteiger partial charge in [0.2, 0.25) is 5.91 Å². The molecule has 1 saturated heterocycles. The Balaban J connectivity index is 0.00000385. The van der Waals surface area contributed by atoms with Crippen molar-refractivity contribution in [3.8, 4) is 5.75 Å². The Morgan fingerprint density at radius 1 is 1.18 bits per heavy atom. The van der Waals surface area contributed by atoms with Crippen LogP contribution in [0.4, 0.5) is 4.39 Å². The first kappa shape index (κ1) is 27.6. The van der Waals surface area contributed by atoms with E-state index in [1.54, 1.807) is 18.2 Å². The lowest BCUT2D eigenvalue weighted by Crippen LogP contribution is -2.52. The third kappa shape index (κ3) is 8.59. The third-order valence-electron chi connectivity index (χ3n) is 6.24. The largest absolute Gasteiger partial charge is 0.485 e. The second-order valence-corrected chi connectivity index (χ2v) is 8.52. The second kappa shape index (κ2) is 14.6. The zero-order valence-electron chi connectivity index (χ0n) is 19.9. The Labute approximate surface area is 214 Å². The highest BCUT2D eigenvalue weighted by Gasteiger charge is 2.31. The van der Waals surface area contributed by atoms with Crippen molar-refractivity contribution in [1.29, 1.82) is 0 Å².